The average molecular weight is 298 g/mol. The minimum absolute atomic E-state index is 0.675. The lowest BCUT2D eigenvalue weighted by Gasteiger charge is -2.22. The van der Waals surface area contributed by atoms with E-state index in [2.05, 4.69) is 40.7 Å². The lowest BCUT2D eigenvalue weighted by atomic mass is 10.1. The minimum Gasteiger partial charge on any atom is -0.496 e. The van der Waals surface area contributed by atoms with Crippen molar-refractivity contribution in [2.45, 2.75) is 32.9 Å². The molecule has 2 rings (SSSR count). The average Bonchev–Trinajstić information content (AvgIpc) is 2.58. The molecule has 0 N–H and O–H groups in total. The van der Waals surface area contributed by atoms with Crippen LogP contribution in [0.3, 0.4) is 0 Å². The number of rotatable bonds is 3. The van der Waals surface area contributed by atoms with Gasteiger partial charge in [-0.15, -0.1) is 0 Å². The van der Waals surface area contributed by atoms with Crippen LogP contribution in [-0.2, 0) is 6.54 Å². The van der Waals surface area contributed by atoms with Crippen LogP contribution in [0.25, 0.3) is 0 Å². The number of benzene rings is 1. The van der Waals surface area contributed by atoms with Gasteiger partial charge in [-0.1, -0.05) is 22.9 Å². The summed E-state index contributed by atoms with van der Waals surface area (Å²) >= 11 is 3.53. The van der Waals surface area contributed by atoms with E-state index in [0.717, 1.165) is 22.7 Å². The molecule has 1 aliphatic rings. The van der Waals surface area contributed by atoms with Crippen molar-refractivity contribution in [1.29, 1.82) is 0 Å². The molecule has 17 heavy (non-hydrogen) atoms. The number of ether oxygens (including phenoxy) is 1. The first-order chi connectivity index (χ1) is 8.10. The predicted molar refractivity (Wildman–Crippen MR) is 74.3 cm³/mol. The third kappa shape index (κ3) is 3.02. The number of methoxy groups -OCH3 is 1. The van der Waals surface area contributed by atoms with E-state index in [-0.39, 0.29) is 0 Å². The van der Waals surface area contributed by atoms with E-state index < -0.39 is 0 Å². The molecule has 2 atom stereocenters. The molecule has 1 heterocycles. The van der Waals surface area contributed by atoms with Crippen LogP contribution in [0.5, 0.6) is 5.75 Å². The first-order valence-electron chi connectivity index (χ1n) is 6.16. The Hall–Kier alpha value is -0.540. The summed E-state index contributed by atoms with van der Waals surface area (Å²) in [6.07, 6.45) is 1.30. The SMILES string of the molecule is COc1ccc(Br)cc1CN1CC(C)CC1C. The molecule has 1 aromatic carbocycles. The molecule has 2 nitrogen and oxygen atoms in total. The highest BCUT2D eigenvalue weighted by atomic mass is 79.9. The molecule has 0 bridgehead atoms. The number of halogens is 1. The smallest absolute Gasteiger partial charge is 0.123 e. The van der Waals surface area contributed by atoms with E-state index in [1.165, 1.54) is 18.5 Å². The maximum Gasteiger partial charge on any atom is 0.123 e. The van der Waals surface area contributed by atoms with Crippen molar-refractivity contribution in [2.24, 2.45) is 5.92 Å². The standard InChI is InChI=1S/C14H20BrNO/c1-10-6-11(2)16(8-10)9-12-7-13(15)4-5-14(12)17-3/h4-5,7,10-11H,6,8-9H2,1-3H3. The summed E-state index contributed by atoms with van der Waals surface area (Å²) in [7, 11) is 1.74. The van der Waals surface area contributed by atoms with Gasteiger partial charge in [0, 0.05) is 29.2 Å². The maximum absolute atomic E-state index is 5.43. The summed E-state index contributed by atoms with van der Waals surface area (Å²) in [6, 6.07) is 6.89. The Bertz CT molecular complexity index is 394. The molecule has 0 radical (unpaired) electrons. The number of likely N-dealkylation sites (tertiary alicyclic amines) is 1. The first-order valence-corrected chi connectivity index (χ1v) is 6.96. The number of hydrogen-bond acceptors (Lipinski definition) is 2. The molecule has 0 saturated carbocycles. The number of hydrogen-bond donors (Lipinski definition) is 0. The van der Waals surface area contributed by atoms with Gasteiger partial charge in [-0.25, -0.2) is 0 Å². The van der Waals surface area contributed by atoms with Crippen molar-refractivity contribution in [2.75, 3.05) is 13.7 Å². The third-order valence-electron chi connectivity index (χ3n) is 3.53. The van der Waals surface area contributed by atoms with Gasteiger partial charge < -0.3 is 4.74 Å². The van der Waals surface area contributed by atoms with Crippen LogP contribution < -0.4 is 4.74 Å². The van der Waals surface area contributed by atoms with Crippen molar-refractivity contribution in [3.05, 3.63) is 28.2 Å². The highest BCUT2D eigenvalue weighted by Crippen LogP contribution is 2.29. The summed E-state index contributed by atoms with van der Waals surface area (Å²) in [5.41, 5.74) is 1.27. The fourth-order valence-corrected chi connectivity index (χ4v) is 3.10. The van der Waals surface area contributed by atoms with Crippen molar-refractivity contribution in [3.8, 4) is 5.75 Å². The molecule has 0 spiro atoms. The van der Waals surface area contributed by atoms with Gasteiger partial charge in [-0.3, -0.25) is 4.90 Å². The molecule has 1 aliphatic heterocycles. The monoisotopic (exact) mass is 297 g/mol. The van der Waals surface area contributed by atoms with E-state index in [1.54, 1.807) is 7.11 Å². The Morgan fingerprint density at radius 1 is 1.41 bits per heavy atom. The van der Waals surface area contributed by atoms with Gasteiger partial charge in [0.25, 0.3) is 0 Å². The molecular weight excluding hydrogens is 278 g/mol. The molecule has 1 aromatic rings. The fraction of sp³-hybridized carbons (Fsp3) is 0.571. The van der Waals surface area contributed by atoms with E-state index in [4.69, 9.17) is 4.74 Å². The van der Waals surface area contributed by atoms with Gasteiger partial charge in [0.2, 0.25) is 0 Å². The van der Waals surface area contributed by atoms with Crippen LogP contribution >= 0.6 is 15.9 Å². The molecule has 1 saturated heterocycles. The Kier molecular flexibility index (Phi) is 4.10. The Balaban J connectivity index is 2.15. The molecule has 2 unspecified atom stereocenters. The Labute approximate surface area is 112 Å². The second-order valence-electron chi connectivity index (χ2n) is 5.08. The topological polar surface area (TPSA) is 12.5 Å². The van der Waals surface area contributed by atoms with Crippen molar-refractivity contribution in [3.63, 3.8) is 0 Å². The van der Waals surface area contributed by atoms with Gasteiger partial charge in [0.1, 0.15) is 5.75 Å². The van der Waals surface area contributed by atoms with Crippen LogP contribution in [-0.4, -0.2) is 24.6 Å². The summed E-state index contributed by atoms with van der Waals surface area (Å²) in [4.78, 5) is 2.54. The summed E-state index contributed by atoms with van der Waals surface area (Å²) < 4.78 is 6.54. The van der Waals surface area contributed by atoms with Gasteiger partial charge >= 0.3 is 0 Å². The zero-order chi connectivity index (χ0) is 12.4. The fourth-order valence-electron chi connectivity index (χ4n) is 2.70. The second-order valence-corrected chi connectivity index (χ2v) is 5.99. The van der Waals surface area contributed by atoms with E-state index in [9.17, 15) is 0 Å². The summed E-state index contributed by atoms with van der Waals surface area (Å²) in [5.74, 6) is 1.79. The van der Waals surface area contributed by atoms with Crippen LogP contribution in [0.4, 0.5) is 0 Å². The van der Waals surface area contributed by atoms with Crippen LogP contribution in [0.15, 0.2) is 22.7 Å². The van der Waals surface area contributed by atoms with E-state index >= 15 is 0 Å². The molecule has 0 aromatic heterocycles. The summed E-state index contributed by atoms with van der Waals surface area (Å²) in [5, 5.41) is 0. The van der Waals surface area contributed by atoms with E-state index in [1.807, 2.05) is 12.1 Å². The molecule has 1 fully saturated rings. The van der Waals surface area contributed by atoms with Crippen molar-refractivity contribution in [1.82, 2.24) is 4.90 Å². The van der Waals surface area contributed by atoms with E-state index in [0.29, 0.717) is 6.04 Å². The van der Waals surface area contributed by atoms with Crippen LogP contribution in [0.2, 0.25) is 0 Å². The first kappa shape index (κ1) is 12.9. The molecule has 0 aliphatic carbocycles. The highest BCUT2D eigenvalue weighted by Gasteiger charge is 2.26. The van der Waals surface area contributed by atoms with Crippen LogP contribution in [0.1, 0.15) is 25.8 Å². The zero-order valence-corrected chi connectivity index (χ0v) is 12.3. The van der Waals surface area contributed by atoms with Gasteiger partial charge in [-0.2, -0.15) is 0 Å². The Morgan fingerprint density at radius 2 is 2.18 bits per heavy atom. The lowest BCUT2D eigenvalue weighted by Crippen LogP contribution is -2.26. The third-order valence-corrected chi connectivity index (χ3v) is 4.02. The zero-order valence-electron chi connectivity index (χ0n) is 10.7. The predicted octanol–water partition coefficient (Wildman–Crippen LogP) is 3.69. The normalized spacial score (nSPS) is 25.2. The maximum atomic E-state index is 5.43. The minimum atomic E-state index is 0.675. The largest absolute Gasteiger partial charge is 0.496 e. The second kappa shape index (κ2) is 5.40. The van der Waals surface area contributed by atoms with Gasteiger partial charge in [0.05, 0.1) is 7.11 Å². The van der Waals surface area contributed by atoms with Crippen molar-refractivity contribution < 1.29 is 4.74 Å². The highest BCUT2D eigenvalue weighted by molar-refractivity contribution is 9.10. The lowest BCUT2D eigenvalue weighted by molar-refractivity contribution is 0.252. The Morgan fingerprint density at radius 3 is 2.76 bits per heavy atom. The van der Waals surface area contributed by atoms with Crippen LogP contribution in [0, 0.1) is 5.92 Å². The number of nitrogens with zero attached hydrogens (tertiary/aromatic N) is 1. The van der Waals surface area contributed by atoms with Gasteiger partial charge in [-0.05, 0) is 37.5 Å². The van der Waals surface area contributed by atoms with Crippen molar-refractivity contribution >= 4 is 15.9 Å². The molecule has 3 heteroatoms. The molecule has 0 amide bonds. The molecular formula is C14H20BrNO. The van der Waals surface area contributed by atoms with Gasteiger partial charge in [0.15, 0.2) is 0 Å². The quantitative estimate of drug-likeness (QED) is 0.844. The summed E-state index contributed by atoms with van der Waals surface area (Å²) in [6.45, 7) is 6.81. The molecule has 94 valence electrons.